The number of nitrogens with one attached hydrogen (secondary N) is 1. The minimum atomic E-state index is 0.163. The van der Waals surface area contributed by atoms with Crippen molar-refractivity contribution in [1.82, 2.24) is 14.9 Å². The first kappa shape index (κ1) is 17.5. The van der Waals surface area contributed by atoms with Gasteiger partial charge in [-0.25, -0.2) is 4.98 Å². The number of nitrogens with zero attached hydrogens (tertiary/aromatic N) is 3. The number of rotatable bonds is 6. The molecule has 0 radical (unpaired) electrons. The molecule has 0 saturated carbocycles. The molecule has 1 aliphatic heterocycles. The fraction of sp³-hybridized carbons (Fsp3) is 0.474. The zero-order chi connectivity index (χ0) is 17.6. The number of aryl methyl sites for hydroxylation is 1. The molecule has 0 bridgehead atoms. The molecule has 3 rings (SSSR count). The van der Waals surface area contributed by atoms with E-state index in [0.29, 0.717) is 23.8 Å². The van der Waals surface area contributed by atoms with Gasteiger partial charge in [-0.05, 0) is 36.5 Å². The van der Waals surface area contributed by atoms with Crippen molar-refractivity contribution in [3.63, 3.8) is 0 Å². The smallest absolute Gasteiger partial charge is 0.136 e. The van der Waals surface area contributed by atoms with Crippen molar-refractivity contribution in [3.8, 4) is 11.8 Å². The summed E-state index contributed by atoms with van der Waals surface area (Å²) in [6.45, 7) is 2.27. The maximum Gasteiger partial charge on any atom is 0.136 e. The van der Waals surface area contributed by atoms with Crippen LogP contribution in [0.5, 0.6) is 5.75 Å². The Kier molecular flexibility index (Phi) is 5.69. The van der Waals surface area contributed by atoms with Gasteiger partial charge >= 0.3 is 0 Å². The monoisotopic (exact) mass is 340 g/mol. The largest absolute Gasteiger partial charge is 0.495 e. The minimum absolute atomic E-state index is 0.163. The van der Waals surface area contributed by atoms with E-state index in [0.717, 1.165) is 37.4 Å². The van der Waals surface area contributed by atoms with E-state index in [9.17, 15) is 5.26 Å². The first-order valence-electron chi connectivity index (χ1n) is 8.58. The van der Waals surface area contributed by atoms with Gasteiger partial charge in [0.05, 0.1) is 18.7 Å². The average Bonchev–Trinajstić information content (AvgIpc) is 3.08. The van der Waals surface area contributed by atoms with E-state index in [4.69, 9.17) is 9.47 Å². The van der Waals surface area contributed by atoms with Crippen molar-refractivity contribution in [2.75, 3.05) is 20.3 Å². The molecule has 25 heavy (non-hydrogen) atoms. The summed E-state index contributed by atoms with van der Waals surface area (Å²) < 4.78 is 12.8. The molecule has 1 saturated heterocycles. The van der Waals surface area contributed by atoms with Crippen LogP contribution in [0.3, 0.4) is 0 Å². The number of ether oxygens (including phenoxy) is 2. The van der Waals surface area contributed by atoms with Crippen LogP contribution in [0.2, 0.25) is 0 Å². The number of hydrogen-bond donors (Lipinski definition) is 1. The lowest BCUT2D eigenvalue weighted by Crippen LogP contribution is -2.33. The first-order valence-corrected chi connectivity index (χ1v) is 8.58. The maximum absolute atomic E-state index is 9.26. The summed E-state index contributed by atoms with van der Waals surface area (Å²) in [5.74, 6) is 2.14. The Labute approximate surface area is 148 Å². The van der Waals surface area contributed by atoms with Gasteiger partial charge in [0, 0.05) is 39.2 Å². The average molecular weight is 340 g/mol. The molecular weight excluding hydrogens is 316 g/mol. The standard InChI is InChI=1S/C19H24N4O2/c1-23-8-7-21-19(23)18(15-5-9-25-10-6-15)22-13-14-3-4-17(24-2)16(11-14)12-20/h3-4,7-8,11,15,18,22H,5-6,9-10,13H2,1-2H3. The van der Waals surface area contributed by atoms with Gasteiger partial charge in [0.1, 0.15) is 17.6 Å². The van der Waals surface area contributed by atoms with E-state index >= 15 is 0 Å². The second-order valence-electron chi connectivity index (χ2n) is 6.35. The summed E-state index contributed by atoms with van der Waals surface area (Å²) in [6.07, 6.45) is 5.86. The van der Waals surface area contributed by atoms with Crippen molar-refractivity contribution in [1.29, 1.82) is 5.26 Å². The highest BCUT2D eigenvalue weighted by molar-refractivity contribution is 5.45. The van der Waals surface area contributed by atoms with Gasteiger partial charge in [0.15, 0.2) is 0 Å². The second-order valence-corrected chi connectivity index (χ2v) is 6.35. The van der Waals surface area contributed by atoms with Crippen LogP contribution >= 0.6 is 0 Å². The lowest BCUT2D eigenvalue weighted by Gasteiger charge is -2.30. The van der Waals surface area contributed by atoms with E-state index in [1.165, 1.54) is 0 Å². The number of aromatic nitrogens is 2. The normalized spacial score (nSPS) is 16.4. The number of nitriles is 1. The third kappa shape index (κ3) is 4.01. The fourth-order valence-electron chi connectivity index (χ4n) is 3.38. The quantitative estimate of drug-likeness (QED) is 0.875. The molecule has 1 N–H and O–H groups in total. The van der Waals surface area contributed by atoms with E-state index in [2.05, 4.69) is 20.9 Å². The number of imidazole rings is 1. The molecule has 1 atom stereocenters. The van der Waals surface area contributed by atoms with Crippen molar-refractivity contribution in [2.24, 2.45) is 13.0 Å². The summed E-state index contributed by atoms with van der Waals surface area (Å²) in [4.78, 5) is 4.55. The third-order valence-electron chi connectivity index (χ3n) is 4.78. The second kappa shape index (κ2) is 8.15. The van der Waals surface area contributed by atoms with Crippen molar-refractivity contribution in [2.45, 2.75) is 25.4 Å². The zero-order valence-electron chi connectivity index (χ0n) is 14.7. The van der Waals surface area contributed by atoms with Crippen molar-refractivity contribution >= 4 is 0 Å². The highest BCUT2D eigenvalue weighted by Crippen LogP contribution is 2.29. The van der Waals surface area contributed by atoms with Crippen LogP contribution in [0.25, 0.3) is 0 Å². The van der Waals surface area contributed by atoms with Gasteiger partial charge < -0.3 is 19.4 Å². The summed E-state index contributed by atoms with van der Waals surface area (Å²) in [6, 6.07) is 8.07. The van der Waals surface area contributed by atoms with E-state index in [1.807, 2.05) is 37.6 Å². The Morgan fingerprint density at radius 2 is 2.24 bits per heavy atom. The van der Waals surface area contributed by atoms with Crippen LogP contribution in [0, 0.1) is 17.2 Å². The molecule has 1 aliphatic rings. The molecule has 132 valence electrons. The first-order chi connectivity index (χ1) is 12.2. The molecule has 2 heterocycles. The van der Waals surface area contributed by atoms with Gasteiger partial charge in [-0.3, -0.25) is 0 Å². The summed E-state index contributed by atoms with van der Waals surface area (Å²) in [5, 5.41) is 12.9. The molecule has 0 aliphatic carbocycles. The van der Waals surface area contributed by atoms with E-state index < -0.39 is 0 Å². The molecule has 1 aromatic heterocycles. The Balaban J connectivity index is 1.77. The fourth-order valence-corrected chi connectivity index (χ4v) is 3.38. The Hall–Kier alpha value is -2.36. The number of methoxy groups -OCH3 is 1. The molecule has 1 unspecified atom stereocenters. The molecular formula is C19H24N4O2. The van der Waals surface area contributed by atoms with Gasteiger partial charge in [-0.1, -0.05) is 6.07 Å². The van der Waals surface area contributed by atoms with Crippen molar-refractivity contribution in [3.05, 3.63) is 47.5 Å². The van der Waals surface area contributed by atoms with Gasteiger partial charge in [0.25, 0.3) is 0 Å². The predicted octanol–water partition coefficient (Wildman–Crippen LogP) is 2.56. The van der Waals surface area contributed by atoms with Crippen LogP contribution in [-0.4, -0.2) is 29.9 Å². The molecule has 6 nitrogen and oxygen atoms in total. The summed E-state index contributed by atoms with van der Waals surface area (Å²) in [5.41, 5.74) is 1.62. The van der Waals surface area contributed by atoms with Crippen LogP contribution in [0.1, 0.15) is 35.8 Å². The number of benzene rings is 1. The molecule has 1 fully saturated rings. The minimum Gasteiger partial charge on any atom is -0.495 e. The van der Waals surface area contributed by atoms with Gasteiger partial charge in [-0.15, -0.1) is 0 Å². The predicted molar refractivity (Wildman–Crippen MR) is 94.0 cm³/mol. The molecule has 2 aromatic rings. The van der Waals surface area contributed by atoms with Gasteiger partial charge in [0.2, 0.25) is 0 Å². The SMILES string of the molecule is COc1ccc(CNC(c2nccn2C)C2CCOCC2)cc1C#N. The zero-order valence-corrected chi connectivity index (χ0v) is 14.7. The summed E-state index contributed by atoms with van der Waals surface area (Å²) >= 11 is 0. The molecule has 0 spiro atoms. The highest BCUT2D eigenvalue weighted by atomic mass is 16.5. The Bertz CT molecular complexity index is 744. The maximum atomic E-state index is 9.26. The Morgan fingerprint density at radius 3 is 2.88 bits per heavy atom. The molecule has 1 aromatic carbocycles. The lowest BCUT2D eigenvalue weighted by atomic mass is 9.91. The van der Waals surface area contributed by atoms with Crippen LogP contribution in [0.4, 0.5) is 0 Å². The molecule has 0 amide bonds. The lowest BCUT2D eigenvalue weighted by molar-refractivity contribution is 0.0518. The summed E-state index contributed by atoms with van der Waals surface area (Å²) in [7, 11) is 3.61. The van der Waals surface area contributed by atoms with Crippen LogP contribution in [-0.2, 0) is 18.3 Å². The number of hydrogen-bond acceptors (Lipinski definition) is 5. The topological polar surface area (TPSA) is 72.1 Å². The van der Waals surface area contributed by atoms with E-state index in [-0.39, 0.29) is 6.04 Å². The molecule has 6 heteroatoms. The third-order valence-corrected chi connectivity index (χ3v) is 4.78. The van der Waals surface area contributed by atoms with Crippen LogP contribution < -0.4 is 10.1 Å². The van der Waals surface area contributed by atoms with Gasteiger partial charge in [-0.2, -0.15) is 5.26 Å². The van der Waals surface area contributed by atoms with Crippen molar-refractivity contribution < 1.29 is 9.47 Å². The van der Waals surface area contributed by atoms with E-state index in [1.54, 1.807) is 7.11 Å². The Morgan fingerprint density at radius 1 is 1.44 bits per heavy atom. The highest BCUT2D eigenvalue weighted by Gasteiger charge is 2.27. The van der Waals surface area contributed by atoms with Crippen LogP contribution in [0.15, 0.2) is 30.6 Å².